The van der Waals surface area contributed by atoms with Gasteiger partial charge in [0.1, 0.15) is 17.3 Å². The molecule has 0 radical (unpaired) electrons. The normalized spacial score (nSPS) is 14.6. The summed E-state index contributed by atoms with van der Waals surface area (Å²) in [4.78, 5) is 12.3. The number of hydrogen-bond acceptors (Lipinski definition) is 3. The number of rotatable bonds is 8. The molecule has 1 fully saturated rings. The van der Waals surface area contributed by atoms with Gasteiger partial charge in [-0.05, 0) is 55.0 Å². The molecule has 0 atom stereocenters. The molecule has 0 N–H and O–H groups in total. The van der Waals surface area contributed by atoms with Gasteiger partial charge in [-0.3, -0.25) is 0 Å². The highest BCUT2D eigenvalue weighted by Crippen LogP contribution is 2.28. The van der Waals surface area contributed by atoms with Gasteiger partial charge in [0.15, 0.2) is 0 Å². The molecule has 1 aliphatic rings. The zero-order valence-corrected chi connectivity index (χ0v) is 16.6. The van der Waals surface area contributed by atoms with E-state index in [4.69, 9.17) is 9.47 Å². The predicted octanol–water partition coefficient (Wildman–Crippen LogP) is 6.35. The number of carbonyl (C=O) groups excluding carboxylic acids is 1. The van der Waals surface area contributed by atoms with Crippen molar-refractivity contribution in [3.05, 3.63) is 59.4 Å². The van der Waals surface area contributed by atoms with Gasteiger partial charge in [-0.1, -0.05) is 51.2 Å². The first-order valence-electron chi connectivity index (χ1n) is 10.4. The maximum atomic E-state index is 14.2. The highest BCUT2D eigenvalue weighted by molar-refractivity contribution is 5.91. The molecule has 28 heavy (non-hydrogen) atoms. The molecule has 3 rings (SSSR count). The standard InChI is InChI=1S/C24H29FO3/c1-2-16-27-21-14-15-22(23(25)17-21)24(26)28-20-12-10-19(11-13-20)9-8-18-6-4-3-5-7-18/h10-15,17-18H,2-9,16H2,1H3. The van der Waals surface area contributed by atoms with E-state index >= 15 is 0 Å². The molecule has 3 nitrogen and oxygen atoms in total. The molecule has 1 aliphatic carbocycles. The molecule has 0 unspecified atom stereocenters. The fourth-order valence-electron chi connectivity index (χ4n) is 3.70. The molecule has 1 saturated carbocycles. The number of halogens is 1. The highest BCUT2D eigenvalue weighted by Gasteiger charge is 2.16. The number of carbonyl (C=O) groups is 1. The maximum absolute atomic E-state index is 14.2. The van der Waals surface area contributed by atoms with Crippen LogP contribution in [0.15, 0.2) is 42.5 Å². The topological polar surface area (TPSA) is 35.5 Å². The van der Waals surface area contributed by atoms with Crippen molar-refractivity contribution < 1.29 is 18.7 Å². The third-order valence-electron chi connectivity index (χ3n) is 5.33. The Hall–Kier alpha value is -2.36. The van der Waals surface area contributed by atoms with Crippen molar-refractivity contribution in [1.29, 1.82) is 0 Å². The van der Waals surface area contributed by atoms with Crippen LogP contribution in [-0.4, -0.2) is 12.6 Å². The lowest BCUT2D eigenvalue weighted by molar-refractivity contribution is 0.0730. The molecule has 0 aliphatic heterocycles. The van der Waals surface area contributed by atoms with Gasteiger partial charge in [-0.15, -0.1) is 0 Å². The third kappa shape index (κ3) is 5.82. The predicted molar refractivity (Wildman–Crippen MR) is 108 cm³/mol. The Balaban J connectivity index is 1.53. The van der Waals surface area contributed by atoms with Crippen LogP contribution >= 0.6 is 0 Å². The van der Waals surface area contributed by atoms with Gasteiger partial charge < -0.3 is 9.47 Å². The van der Waals surface area contributed by atoms with E-state index < -0.39 is 11.8 Å². The summed E-state index contributed by atoms with van der Waals surface area (Å²) in [5.74, 6) is 0.353. The third-order valence-corrected chi connectivity index (χ3v) is 5.33. The van der Waals surface area contributed by atoms with Gasteiger partial charge >= 0.3 is 5.97 Å². The molecule has 2 aromatic carbocycles. The number of esters is 1. The van der Waals surface area contributed by atoms with Crippen LogP contribution in [0, 0.1) is 11.7 Å². The summed E-state index contributed by atoms with van der Waals surface area (Å²) in [6.07, 6.45) is 9.91. The van der Waals surface area contributed by atoms with Gasteiger partial charge in [0.25, 0.3) is 0 Å². The molecule has 0 spiro atoms. The number of aryl methyl sites for hydroxylation is 1. The first-order valence-corrected chi connectivity index (χ1v) is 10.4. The Morgan fingerprint density at radius 2 is 1.75 bits per heavy atom. The van der Waals surface area contributed by atoms with E-state index in [9.17, 15) is 9.18 Å². The smallest absolute Gasteiger partial charge is 0.346 e. The van der Waals surface area contributed by atoms with E-state index in [0.717, 1.165) is 18.8 Å². The van der Waals surface area contributed by atoms with Gasteiger partial charge in [0.05, 0.1) is 12.2 Å². The lowest BCUT2D eigenvalue weighted by atomic mass is 9.85. The minimum atomic E-state index is -0.700. The summed E-state index contributed by atoms with van der Waals surface area (Å²) in [6.45, 7) is 2.49. The molecule has 4 heteroatoms. The Morgan fingerprint density at radius 1 is 1.04 bits per heavy atom. The summed E-state index contributed by atoms with van der Waals surface area (Å²) < 4.78 is 24.9. The van der Waals surface area contributed by atoms with Crippen molar-refractivity contribution in [3.63, 3.8) is 0 Å². The lowest BCUT2D eigenvalue weighted by Crippen LogP contribution is -2.11. The Morgan fingerprint density at radius 3 is 2.43 bits per heavy atom. The van der Waals surface area contributed by atoms with Gasteiger partial charge in [0, 0.05) is 6.07 Å². The molecule has 150 valence electrons. The summed E-state index contributed by atoms with van der Waals surface area (Å²) in [5.41, 5.74) is 1.15. The van der Waals surface area contributed by atoms with Crippen LogP contribution in [0.3, 0.4) is 0 Å². The zero-order valence-electron chi connectivity index (χ0n) is 16.6. The fourth-order valence-corrected chi connectivity index (χ4v) is 3.70. The summed E-state index contributed by atoms with van der Waals surface area (Å²) >= 11 is 0. The summed E-state index contributed by atoms with van der Waals surface area (Å²) in [5, 5.41) is 0. The lowest BCUT2D eigenvalue weighted by Gasteiger charge is -2.21. The van der Waals surface area contributed by atoms with Crippen LogP contribution in [0.1, 0.15) is 67.8 Å². The van der Waals surface area contributed by atoms with Crippen LogP contribution in [-0.2, 0) is 6.42 Å². The van der Waals surface area contributed by atoms with Crippen LogP contribution in [0.2, 0.25) is 0 Å². The van der Waals surface area contributed by atoms with Gasteiger partial charge in [-0.2, -0.15) is 0 Å². The van der Waals surface area contributed by atoms with E-state index in [2.05, 4.69) is 0 Å². The zero-order chi connectivity index (χ0) is 19.8. The second kappa shape index (κ2) is 10.3. The van der Waals surface area contributed by atoms with Crippen LogP contribution < -0.4 is 9.47 Å². The summed E-state index contributed by atoms with van der Waals surface area (Å²) in [7, 11) is 0. The van der Waals surface area contributed by atoms with Gasteiger partial charge in [0.2, 0.25) is 0 Å². The van der Waals surface area contributed by atoms with E-state index in [1.807, 2.05) is 19.1 Å². The quantitative estimate of drug-likeness (QED) is 0.393. The van der Waals surface area contributed by atoms with E-state index in [1.165, 1.54) is 56.2 Å². The molecule has 2 aromatic rings. The van der Waals surface area contributed by atoms with Crippen LogP contribution in [0.4, 0.5) is 4.39 Å². The van der Waals surface area contributed by atoms with Crippen molar-refractivity contribution >= 4 is 5.97 Å². The number of hydrogen-bond donors (Lipinski definition) is 0. The average Bonchev–Trinajstić information content (AvgIpc) is 2.72. The second-order valence-corrected chi connectivity index (χ2v) is 7.57. The van der Waals surface area contributed by atoms with Crippen molar-refractivity contribution in [2.75, 3.05) is 6.61 Å². The van der Waals surface area contributed by atoms with Crippen LogP contribution in [0.25, 0.3) is 0 Å². The largest absolute Gasteiger partial charge is 0.494 e. The molecule has 0 heterocycles. The highest BCUT2D eigenvalue weighted by atomic mass is 19.1. The van der Waals surface area contributed by atoms with Crippen molar-refractivity contribution in [2.24, 2.45) is 5.92 Å². The van der Waals surface area contributed by atoms with E-state index in [-0.39, 0.29) is 5.56 Å². The summed E-state index contributed by atoms with van der Waals surface area (Å²) in [6, 6.07) is 11.8. The monoisotopic (exact) mass is 384 g/mol. The molecular weight excluding hydrogens is 355 g/mol. The minimum Gasteiger partial charge on any atom is -0.494 e. The molecule has 0 aromatic heterocycles. The fraction of sp³-hybridized carbons (Fsp3) is 0.458. The van der Waals surface area contributed by atoms with E-state index in [1.54, 1.807) is 18.2 Å². The maximum Gasteiger partial charge on any atom is 0.346 e. The Labute approximate surface area is 166 Å². The van der Waals surface area contributed by atoms with Crippen molar-refractivity contribution in [1.82, 2.24) is 0 Å². The molecular formula is C24H29FO3. The number of ether oxygens (including phenoxy) is 2. The van der Waals surface area contributed by atoms with E-state index in [0.29, 0.717) is 18.1 Å². The molecule has 0 saturated heterocycles. The number of benzene rings is 2. The van der Waals surface area contributed by atoms with Crippen molar-refractivity contribution in [3.8, 4) is 11.5 Å². The average molecular weight is 384 g/mol. The van der Waals surface area contributed by atoms with Crippen molar-refractivity contribution in [2.45, 2.75) is 58.3 Å². The first-order chi connectivity index (χ1) is 13.7. The molecule has 0 amide bonds. The minimum absolute atomic E-state index is 0.0924. The second-order valence-electron chi connectivity index (χ2n) is 7.57. The van der Waals surface area contributed by atoms with Crippen LogP contribution in [0.5, 0.6) is 11.5 Å². The SMILES string of the molecule is CCCOc1ccc(C(=O)Oc2ccc(CCC3CCCCC3)cc2)c(F)c1. The molecule has 0 bridgehead atoms. The first kappa shape index (κ1) is 20.4. The Kier molecular flexibility index (Phi) is 7.46. The Bertz CT molecular complexity index is 764. The van der Waals surface area contributed by atoms with Gasteiger partial charge in [-0.25, -0.2) is 9.18 Å².